The van der Waals surface area contributed by atoms with Gasteiger partial charge < -0.3 is 9.47 Å². The molecule has 8 unspecified atom stereocenters. The van der Waals surface area contributed by atoms with E-state index >= 15 is 0 Å². The second kappa shape index (κ2) is 6.82. The minimum Gasteiger partial charge on any atom is -0.353 e. The molecule has 0 radical (unpaired) electrons. The van der Waals surface area contributed by atoms with Gasteiger partial charge in [-0.05, 0) is 111 Å². The van der Waals surface area contributed by atoms with Gasteiger partial charge >= 0.3 is 0 Å². The molecule has 4 heteroatoms. The molecule has 3 saturated carbocycles. The number of hydrogen-bond acceptors (Lipinski definition) is 3. The summed E-state index contributed by atoms with van der Waals surface area (Å²) in [6, 6.07) is 0. The predicted molar refractivity (Wildman–Crippen MR) is 112 cm³/mol. The zero-order valence-corrected chi connectivity index (χ0v) is 18.3. The molecule has 29 heavy (non-hydrogen) atoms. The van der Waals surface area contributed by atoms with Gasteiger partial charge in [-0.3, -0.25) is 5.10 Å². The maximum atomic E-state index is 6.64. The number of aromatic amines is 1. The van der Waals surface area contributed by atoms with Gasteiger partial charge in [-0.25, -0.2) is 0 Å². The average molecular weight is 399 g/mol. The van der Waals surface area contributed by atoms with E-state index in [-0.39, 0.29) is 6.29 Å². The molecular weight excluding hydrogens is 360 g/mol. The minimum atomic E-state index is 0.0631. The van der Waals surface area contributed by atoms with E-state index in [1.165, 1.54) is 75.5 Å². The molecule has 1 aromatic heterocycles. The molecule has 4 fully saturated rings. The quantitative estimate of drug-likeness (QED) is 0.737. The van der Waals surface area contributed by atoms with Crippen molar-refractivity contribution in [2.75, 3.05) is 6.61 Å². The third-order valence-electron chi connectivity index (χ3n) is 10.3. The highest BCUT2D eigenvalue weighted by Gasteiger charge is 2.60. The fourth-order valence-corrected chi connectivity index (χ4v) is 8.65. The summed E-state index contributed by atoms with van der Waals surface area (Å²) in [7, 11) is 0. The molecule has 4 nitrogen and oxygen atoms in total. The number of nitrogens with zero attached hydrogens (tertiary/aromatic N) is 1. The van der Waals surface area contributed by atoms with E-state index in [0.29, 0.717) is 16.9 Å². The number of nitrogens with one attached hydrogen (secondary N) is 1. The van der Waals surface area contributed by atoms with Gasteiger partial charge in [-0.1, -0.05) is 13.8 Å². The topological polar surface area (TPSA) is 47.1 Å². The maximum Gasteiger partial charge on any atom is 0.157 e. The Bertz CT molecular complexity index is 756. The van der Waals surface area contributed by atoms with Crippen LogP contribution in [0.5, 0.6) is 0 Å². The molecule has 1 N–H and O–H groups in total. The van der Waals surface area contributed by atoms with Crippen molar-refractivity contribution in [1.82, 2.24) is 10.2 Å². The molecule has 0 bridgehead atoms. The summed E-state index contributed by atoms with van der Waals surface area (Å²) in [5, 5.41) is 7.66. The highest BCUT2D eigenvalue weighted by molar-refractivity contribution is 5.25. The molecule has 1 saturated heterocycles. The molecule has 8 atom stereocenters. The zero-order valence-electron chi connectivity index (χ0n) is 18.3. The van der Waals surface area contributed by atoms with Crippen LogP contribution in [0.2, 0.25) is 0 Å². The Morgan fingerprint density at radius 3 is 2.79 bits per heavy atom. The number of ether oxygens (including phenoxy) is 2. The first kappa shape index (κ1) is 18.9. The molecular formula is C25H38N2O2. The van der Waals surface area contributed by atoms with E-state index < -0.39 is 0 Å². The van der Waals surface area contributed by atoms with Crippen LogP contribution < -0.4 is 0 Å². The van der Waals surface area contributed by atoms with E-state index in [1.54, 1.807) is 0 Å². The van der Waals surface area contributed by atoms with Crippen molar-refractivity contribution in [1.29, 1.82) is 0 Å². The Morgan fingerprint density at radius 1 is 1.03 bits per heavy atom. The molecule has 6 rings (SSSR count). The van der Waals surface area contributed by atoms with E-state index in [4.69, 9.17) is 9.47 Å². The van der Waals surface area contributed by atoms with Gasteiger partial charge in [-0.2, -0.15) is 5.10 Å². The smallest absolute Gasteiger partial charge is 0.157 e. The van der Waals surface area contributed by atoms with E-state index in [9.17, 15) is 0 Å². The van der Waals surface area contributed by atoms with Gasteiger partial charge in [0, 0.05) is 12.3 Å². The normalized spacial score (nSPS) is 49.0. The second-order valence-electron chi connectivity index (χ2n) is 11.5. The summed E-state index contributed by atoms with van der Waals surface area (Å²) in [6.45, 7) is 6.09. The Morgan fingerprint density at radius 2 is 1.93 bits per heavy atom. The first-order valence-electron chi connectivity index (χ1n) is 12.4. The molecule has 5 aliphatic rings. The average Bonchev–Trinajstić information content (AvgIpc) is 3.30. The van der Waals surface area contributed by atoms with Crippen LogP contribution in [-0.2, 0) is 22.3 Å². The number of aromatic nitrogens is 2. The fraction of sp³-hybridized carbons (Fsp3) is 0.880. The molecule has 0 aromatic carbocycles. The highest BCUT2D eigenvalue weighted by Crippen LogP contribution is 2.66. The summed E-state index contributed by atoms with van der Waals surface area (Å²) >= 11 is 0. The lowest BCUT2D eigenvalue weighted by Crippen LogP contribution is -2.55. The lowest BCUT2D eigenvalue weighted by Gasteiger charge is -2.60. The Labute approximate surface area is 175 Å². The van der Waals surface area contributed by atoms with Crippen molar-refractivity contribution >= 4 is 0 Å². The van der Waals surface area contributed by atoms with Crippen molar-refractivity contribution in [3.8, 4) is 0 Å². The molecule has 1 aromatic rings. The minimum absolute atomic E-state index is 0.0631. The van der Waals surface area contributed by atoms with E-state index in [1.807, 2.05) is 0 Å². The largest absolute Gasteiger partial charge is 0.353 e. The number of hydrogen-bond donors (Lipinski definition) is 1. The summed E-state index contributed by atoms with van der Waals surface area (Å²) in [5.74, 6) is 3.46. The molecule has 0 amide bonds. The van der Waals surface area contributed by atoms with Crippen molar-refractivity contribution in [3.05, 3.63) is 17.5 Å². The molecule has 0 spiro atoms. The second-order valence-corrected chi connectivity index (χ2v) is 11.5. The fourth-order valence-electron chi connectivity index (χ4n) is 8.65. The monoisotopic (exact) mass is 398 g/mol. The van der Waals surface area contributed by atoms with Crippen molar-refractivity contribution in [2.24, 2.45) is 34.5 Å². The molecule has 160 valence electrons. The van der Waals surface area contributed by atoms with Crippen LogP contribution in [-0.4, -0.2) is 29.2 Å². The van der Waals surface area contributed by atoms with Crippen LogP contribution in [0.25, 0.3) is 0 Å². The number of H-pyrrole nitrogens is 1. The molecule has 4 aliphatic carbocycles. The lowest BCUT2D eigenvalue weighted by molar-refractivity contribution is -0.218. The maximum absolute atomic E-state index is 6.64. The van der Waals surface area contributed by atoms with Crippen molar-refractivity contribution in [3.63, 3.8) is 0 Å². The predicted octanol–water partition coefficient (Wildman–Crippen LogP) is 5.28. The Hall–Kier alpha value is -0.870. The summed E-state index contributed by atoms with van der Waals surface area (Å²) in [4.78, 5) is 0. The Balaban J connectivity index is 1.23. The standard InChI is InChI=1S/C25H38N2O2/c1-24-11-10-20-18(19(24)8-9-22(24)29-23-5-3-4-12-28-23)7-6-17-13-21-16(15-26-27-21)14-25(17,20)2/h15,17-20,22-23H,3-14H2,1-2H3,(H,26,27). The molecule has 1 aliphatic heterocycles. The van der Waals surface area contributed by atoms with Crippen LogP contribution in [0.3, 0.4) is 0 Å². The molecule has 2 heterocycles. The number of rotatable bonds is 2. The zero-order chi connectivity index (χ0) is 19.6. The first-order valence-corrected chi connectivity index (χ1v) is 12.4. The summed E-state index contributed by atoms with van der Waals surface area (Å²) in [5.41, 5.74) is 3.75. The Kier molecular flexibility index (Phi) is 4.43. The van der Waals surface area contributed by atoms with Crippen LogP contribution in [0.1, 0.15) is 82.9 Å². The van der Waals surface area contributed by atoms with E-state index in [0.717, 1.165) is 36.7 Å². The van der Waals surface area contributed by atoms with Crippen molar-refractivity contribution in [2.45, 2.75) is 96.9 Å². The van der Waals surface area contributed by atoms with Crippen molar-refractivity contribution < 1.29 is 9.47 Å². The summed E-state index contributed by atoms with van der Waals surface area (Å²) in [6.07, 6.45) is 16.8. The highest BCUT2D eigenvalue weighted by atomic mass is 16.7. The van der Waals surface area contributed by atoms with E-state index in [2.05, 4.69) is 30.2 Å². The van der Waals surface area contributed by atoms with Gasteiger partial charge in [0.25, 0.3) is 0 Å². The van der Waals surface area contributed by atoms with Gasteiger partial charge in [-0.15, -0.1) is 0 Å². The number of fused-ring (bicyclic) bond motifs is 6. The first-order chi connectivity index (χ1) is 14.1. The van der Waals surface area contributed by atoms with Gasteiger partial charge in [0.2, 0.25) is 0 Å². The van der Waals surface area contributed by atoms with Gasteiger partial charge in [0.15, 0.2) is 6.29 Å². The van der Waals surface area contributed by atoms with Crippen LogP contribution in [0, 0.1) is 34.5 Å². The van der Waals surface area contributed by atoms with Crippen LogP contribution in [0.15, 0.2) is 6.20 Å². The van der Waals surface area contributed by atoms with Crippen LogP contribution in [0.4, 0.5) is 0 Å². The third kappa shape index (κ3) is 2.81. The van der Waals surface area contributed by atoms with Gasteiger partial charge in [0.1, 0.15) is 0 Å². The lowest BCUT2D eigenvalue weighted by atomic mass is 9.45. The summed E-state index contributed by atoms with van der Waals surface area (Å²) < 4.78 is 12.6. The third-order valence-corrected chi connectivity index (χ3v) is 10.3. The SMILES string of the molecule is CC12Cc3cn[nH]c3CC1CCC1C2CCC2(C)C(OC3CCCCO3)CCC12. The van der Waals surface area contributed by atoms with Gasteiger partial charge in [0.05, 0.1) is 12.3 Å². The van der Waals surface area contributed by atoms with Crippen LogP contribution >= 0.6 is 0 Å².